The minimum Gasteiger partial charge on any atom is -0.444 e. The number of nitrogen functional groups attached to an aromatic ring is 1. The molecule has 19 heteroatoms. The molecule has 4 aliphatic rings. The number of aryl methyl sites for hydroxylation is 4. The van der Waals surface area contributed by atoms with E-state index in [1.165, 1.54) is 4.90 Å². The average Bonchev–Trinajstić information content (AvgIpc) is 3.92. The summed E-state index contributed by atoms with van der Waals surface area (Å²) in [5.41, 5.74) is 13.7. The van der Waals surface area contributed by atoms with Crippen LogP contribution >= 0.6 is 11.6 Å². The van der Waals surface area contributed by atoms with Crippen LogP contribution in [0.5, 0.6) is 0 Å². The number of ketones is 2. The van der Waals surface area contributed by atoms with Crippen LogP contribution in [0.4, 0.5) is 26.9 Å². The van der Waals surface area contributed by atoms with Gasteiger partial charge < -0.3 is 30.3 Å². The Labute approximate surface area is 453 Å². The number of hydrogen-bond acceptors (Lipinski definition) is 16. The number of carbonyl (C=O) groups excluding carboxylic acids is 4. The van der Waals surface area contributed by atoms with Gasteiger partial charge in [0.2, 0.25) is 11.2 Å². The summed E-state index contributed by atoms with van der Waals surface area (Å²) in [6.07, 6.45) is 10.6. The largest absolute Gasteiger partial charge is 0.444 e. The smallest absolute Gasteiger partial charge is 0.410 e. The summed E-state index contributed by atoms with van der Waals surface area (Å²) in [7, 11) is 0. The van der Waals surface area contributed by atoms with Crippen molar-refractivity contribution in [2.75, 3.05) is 37.2 Å². The van der Waals surface area contributed by atoms with Crippen molar-refractivity contribution in [3.05, 3.63) is 159 Å². The van der Waals surface area contributed by atoms with Crippen molar-refractivity contribution in [3.63, 3.8) is 0 Å². The third kappa shape index (κ3) is 13.7. The topological polar surface area (TPSA) is 256 Å². The van der Waals surface area contributed by atoms with Crippen LogP contribution in [0.2, 0.25) is 5.28 Å². The van der Waals surface area contributed by atoms with Crippen LogP contribution < -0.4 is 11.1 Å². The highest BCUT2D eigenvalue weighted by molar-refractivity contribution is 6.28. The van der Waals surface area contributed by atoms with Gasteiger partial charge >= 0.3 is 12.2 Å². The Morgan fingerprint density at radius 3 is 1.58 bits per heavy atom. The summed E-state index contributed by atoms with van der Waals surface area (Å²) in [4.78, 5) is 76.6. The third-order valence-corrected chi connectivity index (χ3v) is 13.4. The van der Waals surface area contributed by atoms with E-state index in [2.05, 4.69) is 47.4 Å². The number of likely N-dealkylation sites (tertiary alicyclic amines) is 2. The van der Waals surface area contributed by atoms with Crippen LogP contribution in [-0.2, 0) is 81.3 Å². The summed E-state index contributed by atoms with van der Waals surface area (Å²) in [6, 6.07) is 27.7. The molecule has 0 unspecified atom stereocenters. The van der Waals surface area contributed by atoms with E-state index < -0.39 is 34.2 Å². The van der Waals surface area contributed by atoms with Crippen LogP contribution in [-0.4, -0.2) is 101 Å². The first-order chi connectivity index (χ1) is 36.6. The third-order valence-electron chi connectivity index (χ3n) is 13.2. The van der Waals surface area contributed by atoms with Crippen molar-refractivity contribution in [2.24, 2.45) is 0 Å². The molecule has 0 saturated carbocycles. The van der Waals surface area contributed by atoms with Crippen LogP contribution in [0.1, 0.15) is 97.7 Å². The van der Waals surface area contributed by atoms with Gasteiger partial charge in [0, 0.05) is 73.2 Å². The molecule has 2 aliphatic heterocycles. The predicted octanol–water partition coefficient (Wildman–Crippen LogP) is 8.34. The average molecular weight is 1060 g/mol. The van der Waals surface area contributed by atoms with E-state index in [-0.39, 0.29) is 37.2 Å². The van der Waals surface area contributed by atoms with Gasteiger partial charge in [-0.25, -0.2) is 29.5 Å². The van der Waals surface area contributed by atoms with Crippen molar-refractivity contribution >= 4 is 52.7 Å². The molecule has 2 aliphatic carbocycles. The summed E-state index contributed by atoms with van der Waals surface area (Å²) < 4.78 is 10.8. The van der Waals surface area contributed by atoms with Crippen LogP contribution in [0.25, 0.3) is 0 Å². The van der Waals surface area contributed by atoms with E-state index in [1.807, 2.05) is 114 Å². The molecule has 6 aromatic rings. The SMILES string of the molecule is CC(C)(C)OC(=O)N1CC(C#N)(c2ncccc2CCc2ccnc(Cl)n2)C1.CC(C)(C)OC(=O)N1CC(C#N)(c2ncccc2CCc2ccnc(Nc3ccc4c(c3)CC(=O)C4)n2)C1.Nc1ccc2c(c1)CC(=O)C2. The van der Waals surface area contributed by atoms with Crippen LogP contribution in [0.15, 0.2) is 97.6 Å². The molecule has 2 saturated heterocycles. The number of anilines is 3. The zero-order valence-corrected chi connectivity index (χ0v) is 44.9. The van der Waals surface area contributed by atoms with Crippen molar-refractivity contribution in [2.45, 2.75) is 115 Å². The molecule has 4 aromatic heterocycles. The fraction of sp³-hybridized carbons (Fsp3) is 0.379. The highest BCUT2D eigenvalue weighted by atomic mass is 35.5. The normalized spacial score (nSPS) is 15.6. The lowest BCUT2D eigenvalue weighted by molar-refractivity contribution is -0.117. The molecule has 0 atom stereocenters. The molecule has 6 heterocycles. The standard InChI is InChI=1S/C29H30N6O3.C20H22ClN5O2.C9H9NO/c1-28(2,3)38-27(37)35-17-29(16-30,18-35)25-19(5-4-11-31-25)6-8-22-10-12-32-26(33-22)34-23-9-7-20-14-24(36)15-21(20)13-23;1-19(2,3)28-18(27)26-12-20(11-22,13-26)16-14(5-4-9-23-16)6-7-15-8-10-24-17(21)25-15;10-8-2-1-6-4-9(11)5-7(6)3-8/h4-5,7,9-13H,6,8,14-15,17-18H2,1-3H3,(H,32,33,34);4-5,8-10H,6-7,12-13H2,1-3H3;1-3H,4-5,10H2. The number of ether oxygens (including phenoxy) is 2. The molecule has 18 nitrogen and oxygen atoms in total. The van der Waals surface area contributed by atoms with Crippen molar-refractivity contribution in [3.8, 4) is 12.1 Å². The number of nitrogens with one attached hydrogen (secondary N) is 1. The minimum absolute atomic E-state index is 0.212. The zero-order chi connectivity index (χ0) is 55.1. The molecule has 0 radical (unpaired) electrons. The molecule has 396 valence electrons. The molecular weight excluding hydrogens is 996 g/mol. The number of nitriles is 2. The Morgan fingerprint density at radius 1 is 0.623 bits per heavy atom. The molecule has 10 rings (SSSR count). The van der Waals surface area contributed by atoms with Gasteiger partial charge in [0.25, 0.3) is 0 Å². The Morgan fingerprint density at radius 2 is 1.09 bits per heavy atom. The number of rotatable bonds is 10. The highest BCUT2D eigenvalue weighted by Gasteiger charge is 2.51. The number of hydrogen-bond donors (Lipinski definition) is 2. The second-order valence-corrected chi connectivity index (χ2v) is 22.0. The number of carbonyl (C=O) groups is 4. The van der Waals surface area contributed by atoms with Crippen LogP contribution in [0, 0.1) is 22.7 Å². The van der Waals surface area contributed by atoms with Gasteiger partial charge in [-0.05, 0) is 161 Å². The molecule has 2 amide bonds. The molecule has 0 bridgehead atoms. The number of benzene rings is 2. The number of halogens is 1. The monoisotopic (exact) mass is 1060 g/mol. The van der Waals surface area contributed by atoms with E-state index in [1.54, 1.807) is 29.7 Å². The van der Waals surface area contributed by atoms with Crippen molar-refractivity contribution < 1.29 is 28.7 Å². The van der Waals surface area contributed by atoms with E-state index in [0.29, 0.717) is 74.5 Å². The Balaban J connectivity index is 0.000000175. The quantitative estimate of drug-likeness (QED) is 0.0965. The molecular formula is C58H61ClN12O6. The predicted molar refractivity (Wildman–Crippen MR) is 288 cm³/mol. The van der Waals surface area contributed by atoms with E-state index >= 15 is 0 Å². The van der Waals surface area contributed by atoms with Crippen molar-refractivity contribution in [1.29, 1.82) is 10.5 Å². The number of nitrogens with two attached hydrogens (primary N) is 1. The van der Waals surface area contributed by atoms with Gasteiger partial charge in [-0.15, -0.1) is 0 Å². The first kappa shape index (κ1) is 54.9. The maximum absolute atomic E-state index is 12.4. The lowest BCUT2D eigenvalue weighted by atomic mass is 9.75. The minimum atomic E-state index is -0.860. The second-order valence-electron chi connectivity index (χ2n) is 21.7. The van der Waals surface area contributed by atoms with Gasteiger partial charge in [0.1, 0.15) is 33.6 Å². The first-order valence-corrected chi connectivity index (χ1v) is 25.8. The first-order valence-electron chi connectivity index (χ1n) is 25.4. The van der Waals surface area contributed by atoms with Gasteiger partial charge in [-0.1, -0.05) is 24.3 Å². The lowest BCUT2D eigenvalue weighted by Gasteiger charge is -2.45. The number of fused-ring (bicyclic) bond motifs is 2. The molecule has 0 spiro atoms. The maximum Gasteiger partial charge on any atom is 0.410 e. The Kier molecular flexibility index (Phi) is 16.3. The number of amides is 2. The summed E-state index contributed by atoms with van der Waals surface area (Å²) in [5.74, 6) is 1.02. The summed E-state index contributed by atoms with van der Waals surface area (Å²) in [5, 5.41) is 23.4. The number of Topliss-reactive ketones (excluding diaryl/α,β-unsaturated/α-hetero) is 2. The van der Waals surface area contributed by atoms with Gasteiger partial charge in [0.05, 0.1) is 49.7 Å². The molecule has 2 aromatic carbocycles. The summed E-state index contributed by atoms with van der Waals surface area (Å²) >= 11 is 5.85. The van der Waals surface area contributed by atoms with E-state index in [9.17, 15) is 29.7 Å². The molecule has 2 fully saturated rings. The number of pyridine rings is 2. The van der Waals surface area contributed by atoms with E-state index in [4.69, 9.17) is 26.8 Å². The van der Waals surface area contributed by atoms with E-state index in [0.717, 1.165) is 56.1 Å². The van der Waals surface area contributed by atoms with Gasteiger partial charge in [0.15, 0.2) is 0 Å². The zero-order valence-electron chi connectivity index (χ0n) is 44.1. The maximum atomic E-state index is 12.4. The molecule has 3 N–H and O–H groups in total. The lowest BCUT2D eigenvalue weighted by Crippen LogP contribution is -2.61. The van der Waals surface area contributed by atoms with Gasteiger partial charge in [-0.2, -0.15) is 10.5 Å². The van der Waals surface area contributed by atoms with Crippen molar-refractivity contribution in [1.82, 2.24) is 39.7 Å². The highest BCUT2D eigenvalue weighted by Crippen LogP contribution is 2.38. The second kappa shape index (κ2) is 22.9. The fourth-order valence-electron chi connectivity index (χ4n) is 9.57. The van der Waals surface area contributed by atoms with Crippen LogP contribution in [0.3, 0.4) is 0 Å². The number of aromatic nitrogens is 6. The Bertz CT molecular complexity index is 3290. The summed E-state index contributed by atoms with van der Waals surface area (Å²) in [6.45, 7) is 11.9. The Hall–Kier alpha value is -8.35. The fourth-order valence-corrected chi connectivity index (χ4v) is 9.73. The molecule has 77 heavy (non-hydrogen) atoms. The van der Waals surface area contributed by atoms with Gasteiger partial charge in [-0.3, -0.25) is 19.6 Å². The number of nitrogens with zero attached hydrogens (tertiary/aromatic N) is 10.